The summed E-state index contributed by atoms with van der Waals surface area (Å²) in [6.07, 6.45) is 0. The van der Waals surface area contributed by atoms with Gasteiger partial charge in [-0.3, -0.25) is 10.1 Å². The number of rotatable bonds is 7. The monoisotopic (exact) mass is 253 g/mol. The number of likely N-dealkylation sites (N-methyl/N-ethyl adjacent to an activating group) is 1. The van der Waals surface area contributed by atoms with Crippen LogP contribution in [0.15, 0.2) is 18.2 Å². The van der Waals surface area contributed by atoms with Crippen molar-refractivity contribution in [3.05, 3.63) is 28.3 Å². The molecule has 0 spiro atoms. The first kappa shape index (κ1) is 14.2. The lowest BCUT2D eigenvalue weighted by Crippen LogP contribution is -2.27. The highest BCUT2D eigenvalue weighted by Crippen LogP contribution is 2.23. The zero-order valence-electron chi connectivity index (χ0n) is 10.8. The lowest BCUT2D eigenvalue weighted by molar-refractivity contribution is -0.384. The fourth-order valence-corrected chi connectivity index (χ4v) is 1.63. The van der Waals surface area contributed by atoms with Crippen LogP contribution in [0, 0.1) is 10.1 Å². The summed E-state index contributed by atoms with van der Waals surface area (Å²) < 4.78 is 5.49. The van der Waals surface area contributed by atoms with Crippen molar-refractivity contribution >= 4 is 11.4 Å². The van der Waals surface area contributed by atoms with Gasteiger partial charge in [-0.15, -0.1) is 0 Å². The van der Waals surface area contributed by atoms with Crippen LogP contribution in [0.1, 0.15) is 13.8 Å². The van der Waals surface area contributed by atoms with Crippen LogP contribution in [0.4, 0.5) is 11.4 Å². The van der Waals surface area contributed by atoms with E-state index in [4.69, 9.17) is 10.5 Å². The highest BCUT2D eigenvalue weighted by molar-refractivity contribution is 5.53. The largest absolute Gasteiger partial charge is 0.492 e. The molecule has 0 aromatic heterocycles. The SMILES string of the molecule is CCN(CC)CCOc1cc(N)cc([N+](=O)[O-])c1. The van der Waals surface area contributed by atoms with E-state index in [1.807, 2.05) is 0 Å². The average Bonchev–Trinajstić information content (AvgIpc) is 2.34. The zero-order valence-corrected chi connectivity index (χ0v) is 10.8. The number of anilines is 1. The molecule has 1 aromatic rings. The molecule has 1 aromatic carbocycles. The van der Waals surface area contributed by atoms with Gasteiger partial charge in [0.25, 0.3) is 5.69 Å². The van der Waals surface area contributed by atoms with Gasteiger partial charge in [-0.1, -0.05) is 13.8 Å². The van der Waals surface area contributed by atoms with Gasteiger partial charge in [0, 0.05) is 24.4 Å². The third-order valence-corrected chi connectivity index (χ3v) is 2.70. The van der Waals surface area contributed by atoms with Crippen molar-refractivity contribution in [3.63, 3.8) is 0 Å². The molecular weight excluding hydrogens is 234 g/mol. The van der Waals surface area contributed by atoms with Gasteiger partial charge in [-0.25, -0.2) is 0 Å². The molecule has 0 unspecified atom stereocenters. The predicted molar refractivity (Wildman–Crippen MR) is 70.8 cm³/mol. The van der Waals surface area contributed by atoms with Crippen LogP contribution in [0.5, 0.6) is 5.75 Å². The molecule has 6 nitrogen and oxygen atoms in total. The van der Waals surface area contributed by atoms with E-state index in [1.165, 1.54) is 12.1 Å². The van der Waals surface area contributed by atoms with Crippen molar-refractivity contribution in [2.75, 3.05) is 32.0 Å². The Morgan fingerprint density at radius 3 is 2.56 bits per heavy atom. The van der Waals surface area contributed by atoms with E-state index in [9.17, 15) is 10.1 Å². The number of nitro groups is 1. The van der Waals surface area contributed by atoms with Crippen LogP contribution in [0.2, 0.25) is 0 Å². The molecule has 0 atom stereocenters. The first-order valence-corrected chi connectivity index (χ1v) is 5.97. The van der Waals surface area contributed by atoms with E-state index in [-0.39, 0.29) is 5.69 Å². The maximum atomic E-state index is 10.7. The molecule has 2 N–H and O–H groups in total. The number of nitrogens with zero attached hydrogens (tertiary/aromatic N) is 2. The number of nitrogen functional groups attached to an aromatic ring is 1. The highest BCUT2D eigenvalue weighted by atomic mass is 16.6. The maximum Gasteiger partial charge on any atom is 0.275 e. The van der Waals surface area contributed by atoms with E-state index in [0.717, 1.165) is 19.6 Å². The molecule has 0 aliphatic rings. The minimum Gasteiger partial charge on any atom is -0.492 e. The van der Waals surface area contributed by atoms with Crippen molar-refractivity contribution in [3.8, 4) is 5.75 Å². The van der Waals surface area contributed by atoms with Crippen LogP contribution in [-0.4, -0.2) is 36.1 Å². The lowest BCUT2D eigenvalue weighted by Gasteiger charge is -2.18. The van der Waals surface area contributed by atoms with Gasteiger partial charge in [0.15, 0.2) is 0 Å². The molecule has 0 fully saturated rings. The molecule has 0 aliphatic heterocycles. The van der Waals surface area contributed by atoms with Crippen molar-refractivity contribution < 1.29 is 9.66 Å². The summed E-state index contributed by atoms with van der Waals surface area (Å²) in [4.78, 5) is 12.4. The fourth-order valence-electron chi connectivity index (χ4n) is 1.63. The molecule has 18 heavy (non-hydrogen) atoms. The molecule has 0 saturated carbocycles. The van der Waals surface area contributed by atoms with E-state index < -0.39 is 4.92 Å². The molecule has 1 rings (SSSR count). The Morgan fingerprint density at radius 1 is 1.33 bits per heavy atom. The van der Waals surface area contributed by atoms with Gasteiger partial charge >= 0.3 is 0 Å². The highest BCUT2D eigenvalue weighted by Gasteiger charge is 2.09. The summed E-state index contributed by atoms with van der Waals surface area (Å²) in [5, 5.41) is 10.7. The van der Waals surface area contributed by atoms with Crippen LogP contribution in [0.25, 0.3) is 0 Å². The predicted octanol–water partition coefficient (Wildman–Crippen LogP) is 1.90. The van der Waals surface area contributed by atoms with Crippen LogP contribution >= 0.6 is 0 Å². The number of benzene rings is 1. The van der Waals surface area contributed by atoms with Crippen molar-refractivity contribution in [2.24, 2.45) is 0 Å². The van der Waals surface area contributed by atoms with E-state index >= 15 is 0 Å². The Hall–Kier alpha value is -1.82. The third-order valence-electron chi connectivity index (χ3n) is 2.70. The molecule has 6 heteroatoms. The number of hydrogen-bond acceptors (Lipinski definition) is 5. The quantitative estimate of drug-likeness (QED) is 0.456. The number of hydrogen-bond donors (Lipinski definition) is 1. The summed E-state index contributed by atoms with van der Waals surface area (Å²) in [7, 11) is 0. The standard InChI is InChI=1S/C12H19N3O3/c1-3-14(4-2)5-6-18-12-8-10(13)7-11(9-12)15(16)17/h7-9H,3-6,13H2,1-2H3. The number of nitrogens with two attached hydrogens (primary N) is 1. The average molecular weight is 253 g/mol. The molecule has 0 bridgehead atoms. The maximum absolute atomic E-state index is 10.7. The normalized spacial score (nSPS) is 10.6. The van der Waals surface area contributed by atoms with Gasteiger partial charge in [-0.2, -0.15) is 0 Å². The second-order valence-electron chi connectivity index (χ2n) is 3.89. The first-order valence-electron chi connectivity index (χ1n) is 5.97. The molecule has 100 valence electrons. The Balaban J connectivity index is 2.59. The van der Waals surface area contributed by atoms with Crippen LogP contribution in [-0.2, 0) is 0 Å². The van der Waals surface area contributed by atoms with Crippen molar-refractivity contribution in [1.29, 1.82) is 0 Å². The summed E-state index contributed by atoms with van der Waals surface area (Å²) in [6.45, 7) is 7.34. The second kappa shape index (κ2) is 6.80. The van der Waals surface area contributed by atoms with Gasteiger partial charge in [0.1, 0.15) is 12.4 Å². The molecule has 0 saturated heterocycles. The van der Waals surface area contributed by atoms with Gasteiger partial charge in [-0.05, 0) is 13.1 Å². The fraction of sp³-hybridized carbons (Fsp3) is 0.500. The Labute approximate surface area is 106 Å². The first-order chi connectivity index (χ1) is 8.56. The topological polar surface area (TPSA) is 81.6 Å². The number of non-ortho nitro benzene ring substituents is 1. The minimum absolute atomic E-state index is 0.0483. The number of ether oxygens (including phenoxy) is 1. The Morgan fingerprint density at radius 2 is 2.00 bits per heavy atom. The van der Waals surface area contributed by atoms with E-state index in [1.54, 1.807) is 6.07 Å². The smallest absolute Gasteiger partial charge is 0.275 e. The third kappa shape index (κ3) is 4.21. The lowest BCUT2D eigenvalue weighted by atomic mass is 10.2. The van der Waals surface area contributed by atoms with E-state index in [0.29, 0.717) is 18.0 Å². The molecule has 0 aliphatic carbocycles. The molecule has 0 amide bonds. The minimum atomic E-state index is -0.479. The van der Waals surface area contributed by atoms with E-state index in [2.05, 4.69) is 18.7 Å². The van der Waals surface area contributed by atoms with Crippen LogP contribution in [0.3, 0.4) is 0 Å². The Bertz CT molecular complexity index is 406. The van der Waals surface area contributed by atoms with Crippen molar-refractivity contribution in [2.45, 2.75) is 13.8 Å². The summed E-state index contributed by atoms with van der Waals surface area (Å²) >= 11 is 0. The van der Waals surface area contributed by atoms with Gasteiger partial charge in [0.2, 0.25) is 0 Å². The molecular formula is C12H19N3O3. The molecule has 0 radical (unpaired) electrons. The number of nitro benzene ring substituents is 1. The summed E-state index contributed by atoms with van der Waals surface area (Å²) in [5.41, 5.74) is 5.87. The van der Waals surface area contributed by atoms with Crippen LogP contribution < -0.4 is 10.5 Å². The molecule has 0 heterocycles. The van der Waals surface area contributed by atoms with Gasteiger partial charge < -0.3 is 15.4 Å². The Kier molecular flexibility index (Phi) is 5.38. The summed E-state index contributed by atoms with van der Waals surface area (Å²) in [5.74, 6) is 0.439. The summed E-state index contributed by atoms with van der Waals surface area (Å²) in [6, 6.07) is 4.30. The van der Waals surface area contributed by atoms with Crippen molar-refractivity contribution in [1.82, 2.24) is 4.90 Å². The second-order valence-corrected chi connectivity index (χ2v) is 3.89. The van der Waals surface area contributed by atoms with Gasteiger partial charge in [0.05, 0.1) is 11.0 Å². The zero-order chi connectivity index (χ0) is 13.5.